The topological polar surface area (TPSA) is 108 Å². The average Bonchev–Trinajstić information content (AvgIpc) is 1.97. The van der Waals surface area contributed by atoms with Gasteiger partial charge in [-0.2, -0.15) is 0 Å². The number of carboxylic acids is 1. The molecule has 1 N–H and O–H groups in total. The summed E-state index contributed by atoms with van der Waals surface area (Å²) >= 11 is 0. The second-order valence-electron chi connectivity index (χ2n) is 29.4. The highest BCUT2D eigenvalue weighted by molar-refractivity contribution is 5.71. The van der Waals surface area contributed by atoms with Crippen molar-refractivity contribution in [3.63, 3.8) is 0 Å². The molecule has 105 heavy (non-hydrogen) atoms. The molecule has 2 atom stereocenters. The van der Waals surface area contributed by atoms with Crippen molar-refractivity contribution in [1.29, 1.82) is 0 Å². The summed E-state index contributed by atoms with van der Waals surface area (Å²) in [5.74, 6) is -2.03. The van der Waals surface area contributed by atoms with Gasteiger partial charge < -0.3 is 28.5 Å². The zero-order valence-electron chi connectivity index (χ0n) is 68.3. The lowest BCUT2D eigenvalue weighted by atomic mass is 10.0. The van der Waals surface area contributed by atoms with Crippen LogP contribution in [0.2, 0.25) is 0 Å². The fraction of sp³-hybridized carbons (Fsp3) is 0.656. The Labute approximate surface area is 647 Å². The minimum absolute atomic E-state index is 0.177. The Bertz CT molecular complexity index is 2400. The fourth-order valence-corrected chi connectivity index (χ4v) is 11.7. The second-order valence-corrected chi connectivity index (χ2v) is 29.4. The van der Waals surface area contributed by atoms with E-state index in [1.165, 1.54) is 167 Å². The maximum atomic E-state index is 13.0. The number of likely N-dealkylation sites (N-methyl/N-ethyl adjacent to an activating group) is 1. The first-order valence-corrected chi connectivity index (χ1v) is 42.9. The molecule has 0 saturated heterocycles. The second kappa shape index (κ2) is 84.0. The van der Waals surface area contributed by atoms with Crippen molar-refractivity contribution in [1.82, 2.24) is 0 Å². The number of hydrogen-bond acceptors (Lipinski definition) is 7. The van der Waals surface area contributed by atoms with Crippen LogP contribution in [0.5, 0.6) is 0 Å². The predicted molar refractivity (Wildman–Crippen MR) is 456 cm³/mol. The number of carbonyl (C=O) groups is 3. The molecule has 0 bridgehead atoms. The third kappa shape index (κ3) is 85.5. The third-order valence-corrected chi connectivity index (χ3v) is 18.2. The van der Waals surface area contributed by atoms with Crippen LogP contribution in [-0.2, 0) is 33.3 Å². The van der Waals surface area contributed by atoms with E-state index in [2.05, 4.69) is 196 Å². The number of carbonyl (C=O) groups excluding carboxylic acids is 2. The van der Waals surface area contributed by atoms with Gasteiger partial charge in [-0.05, 0) is 135 Å². The number of allylic oxidation sites excluding steroid dienone is 30. The molecule has 0 aromatic carbocycles. The maximum Gasteiger partial charge on any atom is 0.361 e. The van der Waals surface area contributed by atoms with Gasteiger partial charge in [0, 0.05) is 12.8 Å². The van der Waals surface area contributed by atoms with E-state index in [9.17, 15) is 19.5 Å². The monoisotopic (exact) mass is 1460 g/mol. The molecule has 0 spiro atoms. The molecule has 2 unspecified atom stereocenters. The van der Waals surface area contributed by atoms with Gasteiger partial charge in [-0.25, -0.2) is 4.79 Å². The van der Waals surface area contributed by atoms with Crippen molar-refractivity contribution < 1.29 is 42.9 Å². The largest absolute Gasteiger partial charge is 0.477 e. The van der Waals surface area contributed by atoms with Crippen molar-refractivity contribution >= 4 is 17.9 Å². The molecule has 0 amide bonds. The molecule has 596 valence electrons. The van der Waals surface area contributed by atoms with Crippen molar-refractivity contribution in [2.75, 3.05) is 47.5 Å². The first kappa shape index (κ1) is 99.4. The molecule has 0 aromatic rings. The quantitative estimate of drug-likeness (QED) is 0.0211. The Balaban J connectivity index is 4.06. The highest BCUT2D eigenvalue weighted by Crippen LogP contribution is 2.19. The number of quaternary nitrogens is 1. The summed E-state index contributed by atoms with van der Waals surface area (Å²) < 4.78 is 23.0. The molecule has 0 heterocycles. The van der Waals surface area contributed by atoms with Crippen LogP contribution >= 0.6 is 0 Å². The van der Waals surface area contributed by atoms with Gasteiger partial charge in [0.1, 0.15) is 13.2 Å². The van der Waals surface area contributed by atoms with Crippen molar-refractivity contribution in [3.05, 3.63) is 182 Å². The van der Waals surface area contributed by atoms with E-state index in [0.717, 1.165) is 148 Å². The summed E-state index contributed by atoms with van der Waals surface area (Å²) in [6.45, 7) is 4.64. The van der Waals surface area contributed by atoms with Gasteiger partial charge in [0.2, 0.25) is 0 Å². The van der Waals surface area contributed by atoms with E-state index >= 15 is 0 Å². The molecule has 0 aliphatic rings. The number of aliphatic carboxylic acids is 1. The van der Waals surface area contributed by atoms with Gasteiger partial charge in [-0.1, -0.05) is 382 Å². The Morgan fingerprint density at radius 3 is 0.762 bits per heavy atom. The smallest absolute Gasteiger partial charge is 0.361 e. The van der Waals surface area contributed by atoms with E-state index in [0.29, 0.717) is 23.9 Å². The summed E-state index contributed by atoms with van der Waals surface area (Å²) in [5, 5.41) is 9.79. The van der Waals surface area contributed by atoms with Crippen LogP contribution in [-0.4, -0.2) is 87.4 Å². The Morgan fingerprint density at radius 1 is 0.286 bits per heavy atom. The van der Waals surface area contributed by atoms with Crippen LogP contribution in [0.1, 0.15) is 348 Å². The molecule has 0 aromatic heterocycles. The van der Waals surface area contributed by atoms with Crippen LogP contribution in [0.15, 0.2) is 182 Å². The van der Waals surface area contributed by atoms with E-state index in [4.69, 9.17) is 18.9 Å². The predicted octanol–water partition coefficient (Wildman–Crippen LogP) is 28.3. The molecular formula is C96H160NO8+. The normalized spacial score (nSPS) is 13.6. The molecule has 0 saturated carbocycles. The Kier molecular flexibility index (Phi) is 79.5. The highest BCUT2D eigenvalue weighted by atomic mass is 16.7. The number of ether oxygens (including phenoxy) is 4. The number of esters is 2. The summed E-state index contributed by atoms with van der Waals surface area (Å²) in [7, 11) is 5.97. The lowest BCUT2D eigenvalue weighted by molar-refractivity contribution is -0.870. The zero-order chi connectivity index (χ0) is 76.0. The van der Waals surface area contributed by atoms with Gasteiger partial charge in [-0.15, -0.1) is 0 Å². The first-order valence-electron chi connectivity index (χ1n) is 42.9. The Hall–Kier alpha value is -5.61. The van der Waals surface area contributed by atoms with Crippen molar-refractivity contribution in [2.24, 2.45) is 0 Å². The van der Waals surface area contributed by atoms with Gasteiger partial charge in [-0.3, -0.25) is 9.59 Å². The minimum atomic E-state index is -1.53. The number of hydrogen-bond donors (Lipinski definition) is 1. The SMILES string of the molecule is CC/C=C\C/C=C\C/C=C\C/C=C\C/C=C\C/C=C\C/C=C\C/C=C\C/C=C\C/C=C\C/C=C\CCCCCCCC(=O)OC(COC(=O)CCCCCCCCCCCCCCCCCCCCCCCCCCCCCC/C=C\C/C=C\C/C=C\C/C=C\CC)COC(OCC[N+](C)(C)C)C(=O)O. The summed E-state index contributed by atoms with van der Waals surface area (Å²) in [4.78, 5) is 37.8. The van der Waals surface area contributed by atoms with E-state index in [-0.39, 0.29) is 32.2 Å². The lowest BCUT2D eigenvalue weighted by Gasteiger charge is -2.25. The molecule has 0 fully saturated rings. The van der Waals surface area contributed by atoms with Gasteiger partial charge in [0.25, 0.3) is 6.29 Å². The Morgan fingerprint density at radius 2 is 0.514 bits per heavy atom. The van der Waals surface area contributed by atoms with Gasteiger partial charge in [0.15, 0.2) is 6.10 Å². The molecule has 0 aliphatic heterocycles. The van der Waals surface area contributed by atoms with Crippen LogP contribution in [0.25, 0.3) is 0 Å². The molecular weight excluding hydrogens is 1300 g/mol. The number of carboxylic acid groups (broad SMARTS) is 1. The average molecular weight is 1460 g/mol. The van der Waals surface area contributed by atoms with Crippen molar-refractivity contribution in [3.8, 4) is 0 Å². The zero-order valence-corrected chi connectivity index (χ0v) is 68.3. The molecule has 9 nitrogen and oxygen atoms in total. The molecule has 0 aliphatic carbocycles. The van der Waals surface area contributed by atoms with Crippen molar-refractivity contribution in [2.45, 2.75) is 360 Å². The summed E-state index contributed by atoms with van der Waals surface area (Å²) in [6.07, 6.45) is 125. The third-order valence-electron chi connectivity index (χ3n) is 18.2. The van der Waals surface area contributed by atoms with E-state index in [1.807, 2.05) is 21.1 Å². The van der Waals surface area contributed by atoms with Gasteiger partial charge in [0.05, 0.1) is 34.4 Å². The van der Waals surface area contributed by atoms with Gasteiger partial charge >= 0.3 is 17.9 Å². The number of rotatable bonds is 78. The summed E-state index contributed by atoms with van der Waals surface area (Å²) in [5.41, 5.74) is 0. The summed E-state index contributed by atoms with van der Waals surface area (Å²) in [6, 6.07) is 0. The molecule has 0 radical (unpaired) electrons. The highest BCUT2D eigenvalue weighted by Gasteiger charge is 2.25. The standard InChI is InChI=1S/C96H159NO8/c1-6-8-10-12-14-16-18-20-22-24-26-28-30-32-34-36-38-40-42-44-46-47-49-50-52-54-56-58-60-62-64-66-68-70-72-74-76-78-80-82-84-86-93(98)103-90-92(91-104-96(95(100)101)102-89-88-97(3,4)5)105-94(99)87-85-83-81-79-77-75-73-71-69-67-65-63-61-59-57-55-53-51-48-45-43-41-39-37-35-33-31-29-27-25-23-21-19-17-15-13-11-9-7-2/h8-11,14-17,20-23,26-29,33,35,39,41,45,48,53,55,59,61,65,67,71,73,92,96H,6-7,12-13,18-19,24-25,30-32,34,36-38,40,42-44,46-47,49-52,54,56-58,60,62-64,66,68-70,72,74-91H2,1-5H3/p+1/b10-8-,11-9-,16-14-,17-15-,22-20-,23-21-,28-26-,29-27-,35-33-,41-39-,48-45-,55-53-,61-59-,67-65-,73-71-. The molecule has 0 rings (SSSR count). The van der Waals surface area contributed by atoms with E-state index < -0.39 is 24.3 Å². The van der Waals surface area contributed by atoms with Crippen LogP contribution in [0.4, 0.5) is 0 Å². The number of unbranched alkanes of at least 4 members (excludes halogenated alkanes) is 33. The molecule has 9 heteroatoms. The lowest BCUT2D eigenvalue weighted by Crippen LogP contribution is -2.40. The first-order chi connectivity index (χ1) is 51.6. The van der Waals surface area contributed by atoms with Crippen LogP contribution < -0.4 is 0 Å². The van der Waals surface area contributed by atoms with Crippen LogP contribution in [0, 0.1) is 0 Å². The maximum absolute atomic E-state index is 13.0. The van der Waals surface area contributed by atoms with E-state index in [1.54, 1.807) is 0 Å². The fourth-order valence-electron chi connectivity index (χ4n) is 11.7. The number of nitrogens with zero attached hydrogens (tertiary/aromatic N) is 1. The minimum Gasteiger partial charge on any atom is -0.477 e. The van der Waals surface area contributed by atoms with Crippen LogP contribution in [0.3, 0.4) is 0 Å².